The number of benzene rings is 1. The summed E-state index contributed by atoms with van der Waals surface area (Å²) in [5, 5.41) is 1.03. The van der Waals surface area contributed by atoms with E-state index in [-0.39, 0.29) is 17.3 Å². The van der Waals surface area contributed by atoms with Crippen molar-refractivity contribution in [3.05, 3.63) is 29.5 Å². The number of carbonyl (C=O) groups is 1. The van der Waals surface area contributed by atoms with Crippen molar-refractivity contribution in [3.8, 4) is 5.75 Å². The highest BCUT2D eigenvalue weighted by atomic mass is 32.2. The number of rotatable bonds is 8. The van der Waals surface area contributed by atoms with Crippen molar-refractivity contribution in [1.82, 2.24) is 9.47 Å². The number of hydrogen-bond acceptors (Lipinski definition) is 4. The van der Waals surface area contributed by atoms with Gasteiger partial charge < -0.3 is 19.7 Å². The van der Waals surface area contributed by atoms with Gasteiger partial charge in [0.05, 0.1) is 25.2 Å². The van der Waals surface area contributed by atoms with Gasteiger partial charge in [0.2, 0.25) is 5.91 Å². The highest BCUT2D eigenvalue weighted by molar-refractivity contribution is 7.79. The highest BCUT2D eigenvalue weighted by Crippen LogP contribution is 2.43. The Kier molecular flexibility index (Phi) is 8.24. The van der Waals surface area contributed by atoms with E-state index in [9.17, 15) is 9.00 Å². The van der Waals surface area contributed by atoms with Crippen LogP contribution in [0.15, 0.2) is 18.2 Å². The molecule has 1 amide bonds. The monoisotopic (exact) mass is 424 g/mol. The van der Waals surface area contributed by atoms with Gasteiger partial charge in [0, 0.05) is 37.0 Å². The van der Waals surface area contributed by atoms with Crippen LogP contribution in [0, 0.1) is 0 Å². The Balaban J connectivity index is 0.00000300. The van der Waals surface area contributed by atoms with Crippen LogP contribution in [0.1, 0.15) is 43.9 Å². The summed E-state index contributed by atoms with van der Waals surface area (Å²) in [6, 6.07) is 6.00. The number of amides is 1. The van der Waals surface area contributed by atoms with Crippen LogP contribution < -0.4 is 4.74 Å². The molecule has 2 N–H and O–H groups in total. The standard InChI is InChI=1S/C21H30N2O4S.H2O/c1-5-22(6-2)21(24)15-9-7-10-16-19(15)20-17(11-8-12-18(20)26-3)23(16)13-14-27-28(4)25;/h8,11-12,15H,5-7,9-10,13-14H2,1-4H3;1H2. The third-order valence-electron chi connectivity index (χ3n) is 5.61. The van der Waals surface area contributed by atoms with Gasteiger partial charge in [-0.2, -0.15) is 0 Å². The Labute approximate surface area is 174 Å². The fourth-order valence-electron chi connectivity index (χ4n) is 4.39. The third kappa shape index (κ3) is 4.49. The third-order valence-corrected chi connectivity index (χ3v) is 6.11. The molecular formula is C21H32N2O5S. The highest BCUT2D eigenvalue weighted by Gasteiger charge is 2.34. The van der Waals surface area contributed by atoms with E-state index >= 15 is 0 Å². The first-order valence-corrected chi connectivity index (χ1v) is 11.4. The van der Waals surface area contributed by atoms with Crippen LogP contribution in [0.25, 0.3) is 10.9 Å². The molecule has 1 aromatic heterocycles. The second-order valence-electron chi connectivity index (χ2n) is 7.05. The van der Waals surface area contributed by atoms with E-state index in [1.807, 2.05) is 30.9 Å². The van der Waals surface area contributed by atoms with Crippen molar-refractivity contribution >= 4 is 27.9 Å². The Morgan fingerprint density at radius 3 is 2.66 bits per heavy atom. The maximum Gasteiger partial charge on any atom is 0.230 e. The van der Waals surface area contributed by atoms with Crippen LogP contribution in [-0.4, -0.2) is 58.1 Å². The predicted molar refractivity (Wildman–Crippen MR) is 116 cm³/mol. The number of hydrogen-bond donors (Lipinski definition) is 0. The van der Waals surface area contributed by atoms with Crippen LogP contribution in [-0.2, 0) is 33.0 Å². The second kappa shape index (κ2) is 10.2. The molecule has 1 aliphatic carbocycles. The molecule has 1 heterocycles. The summed E-state index contributed by atoms with van der Waals surface area (Å²) < 4.78 is 24.5. The molecule has 0 radical (unpaired) electrons. The molecule has 0 saturated heterocycles. The number of likely N-dealkylation sites (N-methyl/N-ethyl adjacent to an activating group) is 1. The SMILES string of the molecule is CCN(CC)C(=O)C1CCCc2c1c1c(OC)cccc1n2CCOS(C)=O.O. The molecule has 0 spiro atoms. The van der Waals surface area contributed by atoms with Crippen molar-refractivity contribution in [2.45, 2.75) is 45.6 Å². The predicted octanol–water partition coefficient (Wildman–Crippen LogP) is 2.42. The summed E-state index contributed by atoms with van der Waals surface area (Å²) in [5.74, 6) is 0.846. The van der Waals surface area contributed by atoms with E-state index in [2.05, 4.69) is 10.6 Å². The van der Waals surface area contributed by atoms with Crippen LogP contribution in [0.4, 0.5) is 0 Å². The number of methoxy groups -OCH3 is 1. The fourth-order valence-corrected chi connectivity index (χ4v) is 4.70. The number of carbonyl (C=O) groups excluding carboxylic acids is 1. The molecule has 8 heteroatoms. The number of fused-ring (bicyclic) bond motifs is 3. The van der Waals surface area contributed by atoms with Crippen LogP contribution >= 0.6 is 0 Å². The van der Waals surface area contributed by atoms with Crippen LogP contribution in [0.3, 0.4) is 0 Å². The molecule has 0 aliphatic heterocycles. The molecule has 162 valence electrons. The van der Waals surface area contributed by atoms with Gasteiger partial charge in [0.25, 0.3) is 0 Å². The molecule has 0 bridgehead atoms. The summed E-state index contributed by atoms with van der Waals surface area (Å²) in [7, 11) is 1.67. The first-order chi connectivity index (χ1) is 13.5. The zero-order chi connectivity index (χ0) is 20.3. The van der Waals surface area contributed by atoms with Crippen LogP contribution in [0.2, 0.25) is 0 Å². The smallest absolute Gasteiger partial charge is 0.230 e. The molecule has 2 unspecified atom stereocenters. The van der Waals surface area contributed by atoms with Crippen molar-refractivity contribution in [2.24, 2.45) is 0 Å². The number of aromatic nitrogens is 1. The molecule has 0 fully saturated rings. The lowest BCUT2D eigenvalue weighted by Crippen LogP contribution is -2.36. The average Bonchev–Trinajstić information content (AvgIpc) is 3.02. The van der Waals surface area contributed by atoms with Gasteiger partial charge >= 0.3 is 0 Å². The summed E-state index contributed by atoms with van der Waals surface area (Å²) in [5.41, 5.74) is 3.34. The first-order valence-electron chi connectivity index (χ1n) is 9.96. The van der Waals surface area contributed by atoms with Crippen LogP contribution in [0.5, 0.6) is 5.75 Å². The minimum atomic E-state index is -1.29. The molecule has 7 nitrogen and oxygen atoms in total. The Bertz CT molecular complexity index is 876. The first kappa shape index (κ1) is 23.4. The largest absolute Gasteiger partial charge is 0.496 e. The van der Waals surface area contributed by atoms with E-state index in [1.54, 1.807) is 7.11 Å². The van der Waals surface area contributed by atoms with Crippen molar-refractivity contribution in [3.63, 3.8) is 0 Å². The zero-order valence-corrected chi connectivity index (χ0v) is 18.5. The van der Waals surface area contributed by atoms with Gasteiger partial charge in [-0.15, -0.1) is 0 Å². The average molecular weight is 425 g/mol. The summed E-state index contributed by atoms with van der Waals surface area (Å²) >= 11 is -1.29. The molecule has 3 rings (SSSR count). The number of nitrogens with zero attached hydrogens (tertiary/aromatic N) is 2. The summed E-state index contributed by atoms with van der Waals surface area (Å²) in [6.45, 7) is 6.45. The molecule has 0 saturated carbocycles. The maximum absolute atomic E-state index is 13.3. The lowest BCUT2D eigenvalue weighted by molar-refractivity contribution is -0.132. The summed E-state index contributed by atoms with van der Waals surface area (Å²) in [6.07, 6.45) is 4.29. The fraction of sp³-hybridized carbons (Fsp3) is 0.571. The van der Waals surface area contributed by atoms with Gasteiger partial charge in [-0.25, -0.2) is 4.21 Å². The van der Waals surface area contributed by atoms with Crippen molar-refractivity contribution in [1.29, 1.82) is 0 Å². The molecule has 2 atom stereocenters. The molecule has 1 aromatic carbocycles. The van der Waals surface area contributed by atoms with Crippen molar-refractivity contribution in [2.75, 3.05) is 33.1 Å². The minimum Gasteiger partial charge on any atom is -0.496 e. The topological polar surface area (TPSA) is 92.3 Å². The minimum absolute atomic E-state index is 0. The Hall–Kier alpha value is -1.90. The molecule has 2 aromatic rings. The maximum atomic E-state index is 13.3. The second-order valence-corrected chi connectivity index (χ2v) is 8.08. The van der Waals surface area contributed by atoms with E-state index < -0.39 is 11.1 Å². The van der Waals surface area contributed by atoms with E-state index in [1.165, 1.54) is 11.9 Å². The van der Waals surface area contributed by atoms with Crippen molar-refractivity contribution < 1.29 is 23.4 Å². The van der Waals surface area contributed by atoms with Gasteiger partial charge in [-0.05, 0) is 50.8 Å². The normalized spacial score (nSPS) is 16.8. The van der Waals surface area contributed by atoms with E-state index in [4.69, 9.17) is 8.92 Å². The lowest BCUT2D eigenvalue weighted by atomic mass is 9.84. The van der Waals surface area contributed by atoms with Gasteiger partial charge in [-0.1, -0.05) is 6.07 Å². The van der Waals surface area contributed by atoms with Gasteiger partial charge in [0.15, 0.2) is 11.1 Å². The van der Waals surface area contributed by atoms with E-state index in [0.717, 1.165) is 41.5 Å². The lowest BCUT2D eigenvalue weighted by Gasteiger charge is -2.29. The summed E-state index contributed by atoms with van der Waals surface area (Å²) in [4.78, 5) is 15.2. The quantitative estimate of drug-likeness (QED) is 0.651. The Morgan fingerprint density at radius 2 is 2.03 bits per heavy atom. The van der Waals surface area contributed by atoms with E-state index in [0.29, 0.717) is 26.2 Å². The van der Waals surface area contributed by atoms with Gasteiger partial charge in [-0.3, -0.25) is 8.98 Å². The molecular weight excluding hydrogens is 392 g/mol. The molecule has 1 aliphatic rings. The zero-order valence-electron chi connectivity index (χ0n) is 17.7. The Morgan fingerprint density at radius 1 is 1.31 bits per heavy atom. The molecule has 29 heavy (non-hydrogen) atoms. The van der Waals surface area contributed by atoms with Gasteiger partial charge in [0.1, 0.15) is 5.75 Å². The number of ether oxygens (including phenoxy) is 1.